The van der Waals surface area contributed by atoms with Crippen molar-refractivity contribution < 1.29 is 13.2 Å². The van der Waals surface area contributed by atoms with Crippen LogP contribution in [0.15, 0.2) is 0 Å². The Bertz CT molecular complexity index is 287. The second kappa shape index (κ2) is 5.68. The molecule has 0 saturated carbocycles. The number of nitrogens with one attached hydrogen (secondary N) is 1. The summed E-state index contributed by atoms with van der Waals surface area (Å²) in [5, 5.41) is -0.667. The lowest BCUT2D eigenvalue weighted by atomic mass is 10.1. The van der Waals surface area contributed by atoms with Crippen LogP contribution < -0.4 is 4.72 Å². The molecule has 0 aliphatic carbocycles. The lowest BCUT2D eigenvalue weighted by Crippen LogP contribution is -2.43. The van der Waals surface area contributed by atoms with Crippen LogP contribution in [0.1, 0.15) is 27.2 Å². The van der Waals surface area contributed by atoms with Gasteiger partial charge in [0, 0.05) is 0 Å². The van der Waals surface area contributed by atoms with Crippen molar-refractivity contribution in [2.24, 2.45) is 5.92 Å². The third-order valence-electron chi connectivity index (χ3n) is 1.69. The maximum absolute atomic E-state index is 11.3. The first-order valence-corrected chi connectivity index (χ1v) is 6.52. The van der Waals surface area contributed by atoms with Gasteiger partial charge in [0.05, 0.1) is 11.8 Å². The Balaban J connectivity index is 4.53. The van der Waals surface area contributed by atoms with Gasteiger partial charge in [-0.3, -0.25) is 4.79 Å². The zero-order chi connectivity index (χ0) is 11.4. The van der Waals surface area contributed by atoms with Crippen molar-refractivity contribution in [1.29, 1.82) is 0 Å². The fourth-order valence-corrected chi connectivity index (χ4v) is 2.76. The van der Waals surface area contributed by atoms with E-state index in [0.717, 1.165) is 0 Å². The van der Waals surface area contributed by atoms with Crippen molar-refractivity contribution in [2.45, 2.75) is 33.2 Å². The Kier molecular flexibility index (Phi) is 5.63. The van der Waals surface area contributed by atoms with Crippen molar-refractivity contribution in [1.82, 2.24) is 4.72 Å². The van der Waals surface area contributed by atoms with Crippen molar-refractivity contribution in [2.75, 3.05) is 5.75 Å². The van der Waals surface area contributed by atoms with Crippen LogP contribution in [0.3, 0.4) is 0 Å². The number of hydrogen-bond donors (Lipinski definition) is 1. The topological polar surface area (TPSA) is 63.2 Å². The molecule has 6 heteroatoms. The molecule has 84 valence electrons. The molecule has 1 unspecified atom stereocenters. The fraction of sp³-hybridized carbons (Fsp3) is 0.875. The highest BCUT2D eigenvalue weighted by Crippen LogP contribution is 2.07. The van der Waals surface area contributed by atoms with E-state index in [1.165, 1.54) is 0 Å². The van der Waals surface area contributed by atoms with Gasteiger partial charge in [-0.05, 0) is 23.9 Å². The molecule has 4 nitrogen and oxygen atoms in total. The van der Waals surface area contributed by atoms with Gasteiger partial charge in [-0.2, -0.15) is 0 Å². The van der Waals surface area contributed by atoms with E-state index < -0.39 is 21.3 Å². The summed E-state index contributed by atoms with van der Waals surface area (Å²) < 4.78 is 24.9. The molecule has 0 spiro atoms. The van der Waals surface area contributed by atoms with Crippen LogP contribution in [0.5, 0.6) is 0 Å². The van der Waals surface area contributed by atoms with Crippen molar-refractivity contribution >= 4 is 26.9 Å². The maximum Gasteiger partial charge on any atom is 0.239 e. The molecule has 14 heavy (non-hydrogen) atoms. The van der Waals surface area contributed by atoms with Gasteiger partial charge >= 0.3 is 0 Å². The first kappa shape index (κ1) is 13.9. The summed E-state index contributed by atoms with van der Waals surface area (Å²) in [4.78, 5) is 10.9. The van der Waals surface area contributed by atoms with Crippen LogP contribution in [0, 0.1) is 5.92 Å². The molecule has 0 aromatic carbocycles. The minimum Gasteiger partial charge on any atom is -0.279 e. The zero-order valence-electron chi connectivity index (χ0n) is 8.58. The van der Waals surface area contributed by atoms with E-state index in [-0.39, 0.29) is 11.7 Å². The summed E-state index contributed by atoms with van der Waals surface area (Å²) in [5.74, 6) is -0.132. The highest BCUT2D eigenvalue weighted by atomic mass is 35.5. The number of rotatable bonds is 6. The first-order valence-electron chi connectivity index (χ1n) is 4.49. The molecule has 0 aliphatic rings. The van der Waals surface area contributed by atoms with Gasteiger partial charge < -0.3 is 0 Å². The van der Waals surface area contributed by atoms with E-state index >= 15 is 0 Å². The van der Waals surface area contributed by atoms with Crippen molar-refractivity contribution in [3.63, 3.8) is 0 Å². The number of sulfonamides is 1. The predicted octanol–water partition coefficient (Wildman–Crippen LogP) is 1.11. The molecular weight excluding hydrogens is 226 g/mol. The van der Waals surface area contributed by atoms with Crippen molar-refractivity contribution in [3.8, 4) is 0 Å². The molecule has 1 atom stereocenters. The molecule has 0 amide bonds. The Labute approximate surface area is 90.1 Å². The lowest BCUT2D eigenvalue weighted by Gasteiger charge is -2.17. The smallest absolute Gasteiger partial charge is 0.239 e. The van der Waals surface area contributed by atoms with Gasteiger partial charge in [-0.1, -0.05) is 20.8 Å². The summed E-state index contributed by atoms with van der Waals surface area (Å²) in [6.45, 7) is 5.23. The minimum atomic E-state index is -3.38. The third kappa shape index (κ3) is 4.93. The summed E-state index contributed by atoms with van der Waals surface area (Å²) in [6.07, 6.45) is 0.511. The zero-order valence-corrected chi connectivity index (χ0v) is 10.2. The van der Waals surface area contributed by atoms with Crippen LogP contribution >= 0.6 is 11.6 Å². The van der Waals surface area contributed by atoms with E-state index in [2.05, 4.69) is 4.72 Å². The molecule has 0 aromatic heterocycles. The van der Waals surface area contributed by atoms with E-state index in [9.17, 15) is 13.2 Å². The summed E-state index contributed by atoms with van der Waals surface area (Å²) in [6, 6.07) is -0.826. The van der Waals surface area contributed by atoms with E-state index in [1.54, 1.807) is 20.8 Å². The van der Waals surface area contributed by atoms with Crippen LogP contribution in [0.4, 0.5) is 0 Å². The van der Waals surface area contributed by atoms with Gasteiger partial charge in [0.15, 0.2) is 0 Å². The SMILES string of the molecule is CCCS(=O)(=O)NC(C(=O)Cl)C(C)C. The normalized spacial score (nSPS) is 14.4. The molecule has 0 rings (SSSR count). The van der Waals surface area contributed by atoms with Gasteiger partial charge in [-0.15, -0.1) is 0 Å². The van der Waals surface area contributed by atoms with Gasteiger partial charge in [-0.25, -0.2) is 13.1 Å². The molecule has 0 fully saturated rings. The molecule has 0 saturated heterocycles. The van der Waals surface area contributed by atoms with Gasteiger partial charge in [0.25, 0.3) is 0 Å². The second-order valence-corrected chi connectivity index (χ2v) is 5.71. The summed E-state index contributed by atoms with van der Waals surface area (Å²) in [5.41, 5.74) is 0. The highest BCUT2D eigenvalue weighted by Gasteiger charge is 2.25. The number of halogens is 1. The summed E-state index contributed by atoms with van der Waals surface area (Å²) >= 11 is 5.28. The third-order valence-corrected chi connectivity index (χ3v) is 3.48. The predicted molar refractivity (Wildman–Crippen MR) is 56.7 cm³/mol. The Morgan fingerprint density at radius 3 is 2.21 bits per heavy atom. The quantitative estimate of drug-likeness (QED) is 0.709. The number of carbonyl (C=O) groups excluding carboxylic acids is 1. The van der Waals surface area contributed by atoms with Crippen LogP contribution in [0.2, 0.25) is 0 Å². The van der Waals surface area contributed by atoms with Crippen molar-refractivity contribution in [3.05, 3.63) is 0 Å². The Morgan fingerprint density at radius 1 is 1.43 bits per heavy atom. The van der Waals surface area contributed by atoms with Crippen LogP contribution in [-0.4, -0.2) is 25.5 Å². The second-order valence-electron chi connectivity index (χ2n) is 3.46. The highest BCUT2D eigenvalue weighted by molar-refractivity contribution is 7.89. The summed E-state index contributed by atoms with van der Waals surface area (Å²) in [7, 11) is -3.38. The molecule has 0 aliphatic heterocycles. The molecular formula is C8H16ClNO3S. The number of carbonyl (C=O) groups is 1. The largest absolute Gasteiger partial charge is 0.279 e. The fourth-order valence-electron chi connectivity index (χ4n) is 0.966. The number of hydrogen-bond acceptors (Lipinski definition) is 3. The van der Waals surface area contributed by atoms with Crippen LogP contribution in [0.25, 0.3) is 0 Å². The van der Waals surface area contributed by atoms with E-state index in [1.807, 2.05) is 0 Å². The lowest BCUT2D eigenvalue weighted by molar-refractivity contribution is -0.113. The standard InChI is InChI=1S/C8H16ClNO3S/c1-4-5-14(12,13)10-7(6(2)3)8(9)11/h6-7,10H,4-5H2,1-3H3. The van der Waals surface area contributed by atoms with Gasteiger partial charge in [0.1, 0.15) is 0 Å². The Hall–Kier alpha value is -0.130. The van der Waals surface area contributed by atoms with Gasteiger partial charge in [0.2, 0.25) is 15.3 Å². The average Bonchev–Trinajstić information content (AvgIpc) is 1.99. The van der Waals surface area contributed by atoms with E-state index in [4.69, 9.17) is 11.6 Å². The van der Waals surface area contributed by atoms with E-state index in [0.29, 0.717) is 6.42 Å². The molecule has 0 bridgehead atoms. The molecule has 0 aromatic rings. The molecule has 1 N–H and O–H groups in total. The average molecular weight is 242 g/mol. The van der Waals surface area contributed by atoms with Crippen LogP contribution in [-0.2, 0) is 14.8 Å². The monoisotopic (exact) mass is 241 g/mol. The molecule has 0 heterocycles. The molecule has 0 radical (unpaired) electrons. The minimum absolute atomic E-state index is 0.0143. The maximum atomic E-state index is 11.3. The first-order chi connectivity index (χ1) is 6.30. The Morgan fingerprint density at radius 2 is 1.93 bits per heavy atom.